The smallest absolute Gasteiger partial charge is 0.253 e. The Balaban J connectivity index is 1.97. The fourth-order valence-corrected chi connectivity index (χ4v) is 2.71. The third-order valence-corrected chi connectivity index (χ3v) is 4.10. The number of anilines is 1. The first-order chi connectivity index (χ1) is 13.1. The van der Waals surface area contributed by atoms with Crippen LogP contribution in [-0.2, 0) is 11.2 Å². The molecule has 0 aliphatic rings. The lowest BCUT2D eigenvalue weighted by Crippen LogP contribution is -2.27. The van der Waals surface area contributed by atoms with E-state index in [9.17, 15) is 9.59 Å². The van der Waals surface area contributed by atoms with Crippen molar-refractivity contribution >= 4 is 29.1 Å². The molecule has 27 heavy (non-hydrogen) atoms. The first-order valence-corrected chi connectivity index (χ1v) is 9.06. The number of amides is 2. The summed E-state index contributed by atoms with van der Waals surface area (Å²) in [5.74, 6) is 1.05. The summed E-state index contributed by atoms with van der Waals surface area (Å²) in [5.41, 5.74) is 1.89. The zero-order valence-electron chi connectivity index (χ0n) is 15.4. The minimum absolute atomic E-state index is 0.191. The van der Waals surface area contributed by atoms with Gasteiger partial charge in [-0.1, -0.05) is 18.2 Å². The normalized spacial score (nSPS) is 10.2. The van der Waals surface area contributed by atoms with Crippen molar-refractivity contribution < 1.29 is 19.1 Å². The van der Waals surface area contributed by atoms with Crippen molar-refractivity contribution in [2.75, 3.05) is 32.0 Å². The predicted molar refractivity (Wildman–Crippen MR) is 106 cm³/mol. The number of halogens is 1. The Bertz CT molecular complexity index is 795. The SMILES string of the molecule is COc1ccc(CCNC(=O)c2ccccc2NC(=O)CCCl)cc1OC. The second-order valence-corrected chi connectivity index (χ2v) is 6.11. The van der Waals surface area contributed by atoms with E-state index in [0.29, 0.717) is 35.7 Å². The molecule has 2 amide bonds. The predicted octanol–water partition coefficient (Wildman–Crippen LogP) is 3.24. The summed E-state index contributed by atoms with van der Waals surface area (Å²) in [6, 6.07) is 12.5. The quantitative estimate of drug-likeness (QED) is 0.644. The molecule has 0 aromatic heterocycles. The van der Waals surface area contributed by atoms with Crippen molar-refractivity contribution in [2.45, 2.75) is 12.8 Å². The van der Waals surface area contributed by atoms with E-state index in [0.717, 1.165) is 5.56 Å². The van der Waals surface area contributed by atoms with Gasteiger partial charge in [0.15, 0.2) is 11.5 Å². The molecule has 0 unspecified atom stereocenters. The Hall–Kier alpha value is -2.73. The third kappa shape index (κ3) is 5.89. The van der Waals surface area contributed by atoms with Gasteiger partial charge in [0.2, 0.25) is 5.91 Å². The van der Waals surface area contributed by atoms with E-state index in [1.165, 1.54) is 0 Å². The van der Waals surface area contributed by atoms with E-state index in [1.54, 1.807) is 38.5 Å². The van der Waals surface area contributed by atoms with E-state index in [4.69, 9.17) is 21.1 Å². The number of benzene rings is 2. The van der Waals surface area contributed by atoms with E-state index in [2.05, 4.69) is 10.6 Å². The maximum absolute atomic E-state index is 12.5. The minimum Gasteiger partial charge on any atom is -0.493 e. The zero-order valence-corrected chi connectivity index (χ0v) is 16.1. The van der Waals surface area contributed by atoms with E-state index in [-0.39, 0.29) is 24.1 Å². The summed E-state index contributed by atoms with van der Waals surface area (Å²) in [4.78, 5) is 24.2. The monoisotopic (exact) mass is 390 g/mol. The van der Waals surface area contributed by atoms with Crippen LogP contribution in [0.1, 0.15) is 22.3 Å². The highest BCUT2D eigenvalue weighted by Gasteiger charge is 2.13. The van der Waals surface area contributed by atoms with Crippen LogP contribution in [0, 0.1) is 0 Å². The number of carbonyl (C=O) groups excluding carboxylic acids is 2. The Morgan fingerprint density at radius 1 is 1.04 bits per heavy atom. The van der Waals surface area contributed by atoms with Crippen LogP contribution in [0.2, 0.25) is 0 Å². The van der Waals surface area contributed by atoms with Crippen LogP contribution in [0.3, 0.4) is 0 Å². The van der Waals surface area contributed by atoms with Gasteiger partial charge in [0.25, 0.3) is 5.91 Å². The molecule has 2 rings (SSSR count). The molecule has 2 aromatic carbocycles. The van der Waals surface area contributed by atoms with Crippen molar-refractivity contribution in [1.82, 2.24) is 5.32 Å². The van der Waals surface area contributed by atoms with Gasteiger partial charge in [-0.25, -0.2) is 0 Å². The molecule has 0 aliphatic heterocycles. The van der Waals surface area contributed by atoms with Gasteiger partial charge in [0.05, 0.1) is 25.5 Å². The van der Waals surface area contributed by atoms with Gasteiger partial charge in [-0.15, -0.1) is 11.6 Å². The zero-order chi connectivity index (χ0) is 19.6. The number of nitrogens with one attached hydrogen (secondary N) is 2. The molecule has 144 valence electrons. The van der Waals surface area contributed by atoms with Crippen LogP contribution in [0.25, 0.3) is 0 Å². The average molecular weight is 391 g/mol. The molecular weight excluding hydrogens is 368 g/mol. The molecule has 0 fully saturated rings. The summed E-state index contributed by atoms with van der Waals surface area (Å²) in [5, 5.41) is 5.58. The third-order valence-electron chi connectivity index (χ3n) is 3.91. The topological polar surface area (TPSA) is 76.7 Å². The molecule has 0 saturated heterocycles. The van der Waals surface area contributed by atoms with Crippen molar-refractivity contribution in [2.24, 2.45) is 0 Å². The Morgan fingerprint density at radius 2 is 1.78 bits per heavy atom. The molecule has 0 aliphatic carbocycles. The Labute approximate surface area is 163 Å². The number of hydrogen-bond donors (Lipinski definition) is 2. The summed E-state index contributed by atoms with van der Waals surface area (Å²) in [6.45, 7) is 0.443. The average Bonchev–Trinajstić information content (AvgIpc) is 2.68. The van der Waals surface area contributed by atoms with E-state index in [1.807, 2.05) is 18.2 Å². The molecular formula is C20H23ClN2O4. The molecule has 7 heteroatoms. The summed E-state index contributed by atoms with van der Waals surface area (Å²) in [7, 11) is 3.17. The molecule has 0 saturated carbocycles. The highest BCUT2D eigenvalue weighted by Crippen LogP contribution is 2.27. The molecule has 2 aromatic rings. The molecule has 0 radical (unpaired) electrons. The fraction of sp³-hybridized carbons (Fsp3) is 0.300. The first kappa shape index (κ1) is 20.6. The van der Waals surface area contributed by atoms with Crippen molar-refractivity contribution in [3.8, 4) is 11.5 Å². The highest BCUT2D eigenvalue weighted by molar-refractivity contribution is 6.19. The van der Waals surface area contributed by atoms with Crippen molar-refractivity contribution in [1.29, 1.82) is 0 Å². The van der Waals surface area contributed by atoms with Crippen LogP contribution in [-0.4, -0.2) is 38.5 Å². The highest BCUT2D eigenvalue weighted by atomic mass is 35.5. The van der Waals surface area contributed by atoms with Gasteiger partial charge < -0.3 is 20.1 Å². The Morgan fingerprint density at radius 3 is 2.48 bits per heavy atom. The van der Waals surface area contributed by atoms with Gasteiger partial charge in [-0.2, -0.15) is 0 Å². The lowest BCUT2D eigenvalue weighted by molar-refractivity contribution is -0.115. The van der Waals surface area contributed by atoms with Crippen LogP contribution < -0.4 is 20.1 Å². The van der Waals surface area contributed by atoms with Crippen LogP contribution in [0.5, 0.6) is 11.5 Å². The van der Waals surface area contributed by atoms with E-state index >= 15 is 0 Å². The summed E-state index contributed by atoms with van der Waals surface area (Å²) in [6.07, 6.45) is 0.823. The van der Waals surface area contributed by atoms with Crippen LogP contribution in [0.4, 0.5) is 5.69 Å². The number of carbonyl (C=O) groups is 2. The van der Waals surface area contributed by atoms with Crippen molar-refractivity contribution in [3.05, 3.63) is 53.6 Å². The van der Waals surface area contributed by atoms with Gasteiger partial charge in [0.1, 0.15) is 0 Å². The lowest BCUT2D eigenvalue weighted by Gasteiger charge is -2.12. The largest absolute Gasteiger partial charge is 0.493 e. The van der Waals surface area contributed by atoms with Gasteiger partial charge in [-0.05, 0) is 36.2 Å². The molecule has 0 bridgehead atoms. The van der Waals surface area contributed by atoms with Gasteiger partial charge in [0, 0.05) is 18.8 Å². The van der Waals surface area contributed by atoms with Gasteiger partial charge in [-0.3, -0.25) is 9.59 Å². The number of alkyl halides is 1. The maximum atomic E-state index is 12.5. The second kappa shape index (κ2) is 10.4. The summed E-state index contributed by atoms with van der Waals surface area (Å²) < 4.78 is 10.5. The van der Waals surface area contributed by atoms with Gasteiger partial charge >= 0.3 is 0 Å². The number of methoxy groups -OCH3 is 2. The number of hydrogen-bond acceptors (Lipinski definition) is 4. The summed E-state index contributed by atoms with van der Waals surface area (Å²) >= 11 is 5.58. The second-order valence-electron chi connectivity index (χ2n) is 5.73. The van der Waals surface area contributed by atoms with E-state index < -0.39 is 0 Å². The fourth-order valence-electron chi connectivity index (χ4n) is 2.54. The molecule has 0 atom stereocenters. The van der Waals surface area contributed by atoms with Crippen LogP contribution in [0.15, 0.2) is 42.5 Å². The maximum Gasteiger partial charge on any atom is 0.253 e. The number of para-hydroxylation sites is 1. The van der Waals surface area contributed by atoms with Crippen LogP contribution >= 0.6 is 11.6 Å². The first-order valence-electron chi connectivity index (χ1n) is 8.53. The minimum atomic E-state index is -0.253. The standard InChI is InChI=1S/C20H23ClN2O4/c1-26-17-8-7-14(13-18(17)27-2)10-12-22-20(25)15-5-3-4-6-16(15)23-19(24)9-11-21/h3-8,13H,9-12H2,1-2H3,(H,22,25)(H,23,24). The molecule has 0 spiro atoms. The van der Waals surface area contributed by atoms with Crippen molar-refractivity contribution in [3.63, 3.8) is 0 Å². The molecule has 6 nitrogen and oxygen atoms in total. The number of ether oxygens (including phenoxy) is 2. The number of rotatable bonds is 9. The molecule has 0 heterocycles. The Kier molecular flexibility index (Phi) is 7.95. The lowest BCUT2D eigenvalue weighted by atomic mass is 10.1. The molecule has 2 N–H and O–H groups in total.